The number of carbonyl (C=O) groups excluding carboxylic acids is 2. The topological polar surface area (TPSA) is 98.5 Å². The van der Waals surface area contributed by atoms with Crippen LogP contribution in [0.5, 0.6) is 0 Å². The van der Waals surface area contributed by atoms with Gasteiger partial charge in [0.1, 0.15) is 5.56 Å². The Hall–Kier alpha value is -2.87. The standard InChI is InChI=1S/C19H20N2O5S/c1-13-6-8-15(9-7-13)27-11-10-20-17(22)12-26-19(23)18-14(2)4-3-5-16(18)21(24)25/h3-9H,10-12H2,1-2H3,(H,20,22). The Bertz CT molecular complexity index is 836. The van der Waals surface area contributed by atoms with E-state index in [-0.39, 0.29) is 11.3 Å². The molecule has 0 aliphatic heterocycles. The quantitative estimate of drug-likeness (QED) is 0.245. The summed E-state index contributed by atoms with van der Waals surface area (Å²) < 4.78 is 4.93. The SMILES string of the molecule is Cc1ccc(SCCNC(=O)COC(=O)c2c(C)cccc2[N+](=O)[O-])cc1. The first-order chi connectivity index (χ1) is 12.9. The number of carbonyl (C=O) groups is 2. The minimum absolute atomic E-state index is 0.134. The Morgan fingerprint density at radius 3 is 2.52 bits per heavy atom. The fraction of sp³-hybridized carbons (Fsp3) is 0.263. The lowest BCUT2D eigenvalue weighted by atomic mass is 10.1. The number of esters is 1. The van der Waals surface area contributed by atoms with Crippen LogP contribution in [-0.4, -0.2) is 35.7 Å². The molecule has 0 aliphatic carbocycles. The van der Waals surface area contributed by atoms with Gasteiger partial charge >= 0.3 is 5.97 Å². The van der Waals surface area contributed by atoms with Crippen LogP contribution < -0.4 is 5.32 Å². The summed E-state index contributed by atoms with van der Waals surface area (Å²) in [7, 11) is 0. The Balaban J connectivity index is 1.78. The van der Waals surface area contributed by atoms with E-state index in [0.29, 0.717) is 17.9 Å². The molecule has 8 heteroatoms. The van der Waals surface area contributed by atoms with E-state index < -0.39 is 23.4 Å². The second kappa shape index (κ2) is 9.72. The van der Waals surface area contributed by atoms with Crippen LogP contribution in [0.25, 0.3) is 0 Å². The molecule has 142 valence electrons. The molecular formula is C19H20N2O5S. The molecule has 0 aliphatic rings. The first kappa shape index (κ1) is 20.4. The smallest absolute Gasteiger partial charge is 0.345 e. The number of nitrogens with one attached hydrogen (secondary N) is 1. The lowest BCUT2D eigenvalue weighted by molar-refractivity contribution is -0.385. The molecule has 0 saturated carbocycles. The van der Waals surface area contributed by atoms with Gasteiger partial charge in [0, 0.05) is 23.3 Å². The second-order valence-corrected chi connectivity index (χ2v) is 6.98. The summed E-state index contributed by atoms with van der Waals surface area (Å²) in [5.74, 6) is -0.667. The van der Waals surface area contributed by atoms with Crippen molar-refractivity contribution < 1.29 is 19.2 Å². The Kier molecular flexibility index (Phi) is 7.36. The van der Waals surface area contributed by atoms with Crippen LogP contribution >= 0.6 is 11.8 Å². The van der Waals surface area contributed by atoms with Gasteiger partial charge in [-0.3, -0.25) is 14.9 Å². The summed E-state index contributed by atoms with van der Waals surface area (Å²) in [5, 5.41) is 13.7. The fourth-order valence-electron chi connectivity index (χ4n) is 2.32. The van der Waals surface area contributed by atoms with Gasteiger partial charge in [0.05, 0.1) is 4.92 Å². The largest absolute Gasteiger partial charge is 0.452 e. The first-order valence-corrected chi connectivity index (χ1v) is 9.24. The van der Waals surface area contributed by atoms with E-state index in [2.05, 4.69) is 5.32 Å². The third kappa shape index (κ3) is 6.10. The molecule has 0 unspecified atom stereocenters. The van der Waals surface area contributed by atoms with Crippen molar-refractivity contribution in [2.45, 2.75) is 18.7 Å². The summed E-state index contributed by atoms with van der Waals surface area (Å²) in [6.45, 7) is 3.52. The number of thioether (sulfide) groups is 1. The Morgan fingerprint density at radius 1 is 1.15 bits per heavy atom. The van der Waals surface area contributed by atoms with Gasteiger partial charge in [-0.25, -0.2) is 4.79 Å². The molecule has 0 fully saturated rings. The van der Waals surface area contributed by atoms with Crippen molar-refractivity contribution in [3.63, 3.8) is 0 Å². The summed E-state index contributed by atoms with van der Waals surface area (Å²) in [6.07, 6.45) is 0. The van der Waals surface area contributed by atoms with Crippen LogP contribution in [0, 0.1) is 24.0 Å². The molecule has 0 radical (unpaired) electrons. The molecule has 0 heterocycles. The maximum atomic E-state index is 12.1. The predicted molar refractivity (Wildman–Crippen MR) is 103 cm³/mol. The van der Waals surface area contributed by atoms with Gasteiger partial charge in [0.15, 0.2) is 6.61 Å². The van der Waals surface area contributed by atoms with Gasteiger partial charge in [-0.05, 0) is 31.5 Å². The van der Waals surface area contributed by atoms with Crippen LogP contribution in [0.4, 0.5) is 5.69 Å². The van der Waals surface area contributed by atoms with Crippen LogP contribution in [0.3, 0.4) is 0 Å². The van der Waals surface area contributed by atoms with Crippen molar-refractivity contribution in [3.05, 3.63) is 69.3 Å². The van der Waals surface area contributed by atoms with E-state index in [4.69, 9.17) is 4.74 Å². The van der Waals surface area contributed by atoms with E-state index in [1.807, 2.05) is 31.2 Å². The normalized spacial score (nSPS) is 10.3. The van der Waals surface area contributed by atoms with Crippen molar-refractivity contribution in [3.8, 4) is 0 Å². The molecule has 0 atom stereocenters. The molecule has 0 saturated heterocycles. The molecule has 7 nitrogen and oxygen atoms in total. The molecular weight excluding hydrogens is 368 g/mol. The highest BCUT2D eigenvalue weighted by Gasteiger charge is 2.24. The van der Waals surface area contributed by atoms with E-state index in [1.54, 1.807) is 24.8 Å². The molecule has 27 heavy (non-hydrogen) atoms. The number of nitro groups is 1. The number of nitrogens with zero attached hydrogens (tertiary/aromatic N) is 1. The lowest BCUT2D eigenvalue weighted by Gasteiger charge is -2.08. The Morgan fingerprint density at radius 2 is 1.85 bits per heavy atom. The van der Waals surface area contributed by atoms with Crippen LogP contribution in [0.15, 0.2) is 47.4 Å². The first-order valence-electron chi connectivity index (χ1n) is 8.26. The molecule has 2 aromatic rings. The zero-order valence-corrected chi connectivity index (χ0v) is 15.9. The van der Waals surface area contributed by atoms with E-state index >= 15 is 0 Å². The van der Waals surface area contributed by atoms with Gasteiger partial charge in [-0.1, -0.05) is 29.8 Å². The van der Waals surface area contributed by atoms with Crippen molar-refractivity contribution in [2.24, 2.45) is 0 Å². The lowest BCUT2D eigenvalue weighted by Crippen LogP contribution is -2.30. The maximum Gasteiger partial charge on any atom is 0.345 e. The van der Waals surface area contributed by atoms with Crippen LogP contribution in [0.1, 0.15) is 21.5 Å². The van der Waals surface area contributed by atoms with Crippen molar-refractivity contribution >= 4 is 29.3 Å². The van der Waals surface area contributed by atoms with Gasteiger partial charge in [-0.15, -0.1) is 11.8 Å². The highest BCUT2D eigenvalue weighted by atomic mass is 32.2. The number of rotatable bonds is 8. The third-order valence-corrected chi connectivity index (χ3v) is 4.71. The van der Waals surface area contributed by atoms with Crippen molar-refractivity contribution in [1.82, 2.24) is 5.32 Å². The van der Waals surface area contributed by atoms with Gasteiger partial charge in [-0.2, -0.15) is 0 Å². The number of hydrogen-bond acceptors (Lipinski definition) is 6. The second-order valence-electron chi connectivity index (χ2n) is 5.81. The average Bonchev–Trinajstić information content (AvgIpc) is 2.64. The number of amides is 1. The highest BCUT2D eigenvalue weighted by Crippen LogP contribution is 2.22. The third-order valence-electron chi connectivity index (χ3n) is 3.70. The molecule has 0 bridgehead atoms. The molecule has 2 aromatic carbocycles. The number of hydrogen-bond donors (Lipinski definition) is 1. The summed E-state index contributed by atoms with van der Waals surface area (Å²) in [4.78, 5) is 35.4. The summed E-state index contributed by atoms with van der Waals surface area (Å²) >= 11 is 1.60. The summed E-state index contributed by atoms with van der Waals surface area (Å²) in [6, 6.07) is 12.4. The zero-order valence-electron chi connectivity index (χ0n) is 15.1. The summed E-state index contributed by atoms with van der Waals surface area (Å²) in [5.41, 5.74) is 1.13. The molecule has 0 aromatic heterocycles. The number of nitro benzene ring substituents is 1. The number of aryl methyl sites for hydroxylation is 2. The molecule has 2 rings (SSSR count). The predicted octanol–water partition coefficient (Wildman–Crippen LogP) is 3.28. The average molecular weight is 388 g/mol. The maximum absolute atomic E-state index is 12.1. The molecule has 1 amide bonds. The van der Waals surface area contributed by atoms with Gasteiger partial charge in [0.2, 0.25) is 0 Å². The minimum Gasteiger partial charge on any atom is -0.452 e. The van der Waals surface area contributed by atoms with Gasteiger partial charge < -0.3 is 10.1 Å². The van der Waals surface area contributed by atoms with Crippen molar-refractivity contribution in [1.29, 1.82) is 0 Å². The van der Waals surface area contributed by atoms with E-state index in [0.717, 1.165) is 4.90 Å². The van der Waals surface area contributed by atoms with E-state index in [9.17, 15) is 19.7 Å². The van der Waals surface area contributed by atoms with Crippen LogP contribution in [0.2, 0.25) is 0 Å². The van der Waals surface area contributed by atoms with Gasteiger partial charge in [0.25, 0.3) is 11.6 Å². The highest BCUT2D eigenvalue weighted by molar-refractivity contribution is 7.99. The van der Waals surface area contributed by atoms with E-state index in [1.165, 1.54) is 17.7 Å². The van der Waals surface area contributed by atoms with Crippen LogP contribution in [-0.2, 0) is 9.53 Å². The Labute approximate surface area is 161 Å². The fourth-order valence-corrected chi connectivity index (χ4v) is 3.09. The number of ether oxygens (including phenoxy) is 1. The monoisotopic (exact) mass is 388 g/mol. The van der Waals surface area contributed by atoms with Crippen molar-refractivity contribution in [2.75, 3.05) is 18.9 Å². The number of benzene rings is 2. The zero-order chi connectivity index (χ0) is 19.8. The molecule has 1 N–H and O–H groups in total. The minimum atomic E-state index is -0.885. The molecule has 0 spiro atoms.